The van der Waals surface area contributed by atoms with Crippen LogP contribution in [0.2, 0.25) is 0 Å². The van der Waals surface area contributed by atoms with Crippen molar-refractivity contribution >= 4 is 27.7 Å². The molecule has 0 spiro atoms. The van der Waals surface area contributed by atoms with E-state index in [0.29, 0.717) is 5.92 Å². The Hall–Kier alpha value is -0.0300. The van der Waals surface area contributed by atoms with Gasteiger partial charge in [0.2, 0.25) is 0 Å². The molecule has 18 heavy (non-hydrogen) atoms. The van der Waals surface area contributed by atoms with Crippen molar-refractivity contribution in [3.05, 3.63) is 28.2 Å². The quantitative estimate of drug-likeness (QED) is 0.752. The minimum Gasteiger partial charge on any atom is -0.396 e. The smallest absolute Gasteiger partial charge is 0.0464 e. The van der Waals surface area contributed by atoms with E-state index in [1.807, 2.05) is 11.8 Å². The number of aliphatic hydroxyl groups excluding tert-OH is 1. The van der Waals surface area contributed by atoms with Crippen molar-refractivity contribution in [1.29, 1.82) is 0 Å². The van der Waals surface area contributed by atoms with Crippen molar-refractivity contribution in [2.24, 2.45) is 5.92 Å². The molecule has 1 aromatic rings. The lowest BCUT2D eigenvalue weighted by atomic mass is 10.2. The van der Waals surface area contributed by atoms with Crippen molar-refractivity contribution in [3.8, 4) is 0 Å². The van der Waals surface area contributed by atoms with Crippen LogP contribution in [0.25, 0.3) is 0 Å². The van der Waals surface area contributed by atoms with Crippen molar-refractivity contribution in [2.75, 3.05) is 12.4 Å². The van der Waals surface area contributed by atoms with Crippen LogP contribution in [0.3, 0.4) is 0 Å². The molecule has 0 aliphatic heterocycles. The van der Waals surface area contributed by atoms with Crippen LogP contribution in [0.15, 0.2) is 27.6 Å². The molecule has 0 amide bonds. The van der Waals surface area contributed by atoms with Gasteiger partial charge in [-0.05, 0) is 42.5 Å². The van der Waals surface area contributed by atoms with Crippen LogP contribution in [0.1, 0.15) is 25.3 Å². The lowest BCUT2D eigenvalue weighted by Crippen LogP contribution is -2.16. The molecule has 0 heterocycles. The minimum atomic E-state index is 0.263. The number of thioether (sulfide) groups is 1. The molecule has 0 radical (unpaired) electrons. The van der Waals surface area contributed by atoms with Crippen LogP contribution < -0.4 is 5.32 Å². The van der Waals surface area contributed by atoms with Gasteiger partial charge in [0.1, 0.15) is 0 Å². The maximum Gasteiger partial charge on any atom is 0.0464 e. The Balaban J connectivity index is 1.97. The van der Waals surface area contributed by atoms with Crippen LogP contribution in [0.4, 0.5) is 0 Å². The fourth-order valence-electron chi connectivity index (χ4n) is 1.65. The summed E-state index contributed by atoms with van der Waals surface area (Å²) in [5.41, 5.74) is 1.35. The Bertz CT molecular complexity index is 395. The highest BCUT2D eigenvalue weighted by atomic mass is 79.9. The summed E-state index contributed by atoms with van der Waals surface area (Å²) in [5.74, 6) is 1.32. The molecule has 0 bridgehead atoms. The van der Waals surface area contributed by atoms with Gasteiger partial charge in [-0.1, -0.05) is 22.9 Å². The number of nitrogens with one attached hydrogen (secondary N) is 1. The number of aliphatic hydroxyl groups is 1. The van der Waals surface area contributed by atoms with Crippen molar-refractivity contribution < 1.29 is 5.11 Å². The highest BCUT2D eigenvalue weighted by Crippen LogP contribution is 2.28. The molecule has 0 aromatic heterocycles. The van der Waals surface area contributed by atoms with Crippen LogP contribution >= 0.6 is 27.7 Å². The summed E-state index contributed by atoms with van der Waals surface area (Å²) in [6.07, 6.45) is 2.63. The molecule has 2 rings (SSSR count). The van der Waals surface area contributed by atoms with Crippen LogP contribution in [-0.4, -0.2) is 23.5 Å². The Labute approximate surface area is 122 Å². The minimum absolute atomic E-state index is 0.263. The summed E-state index contributed by atoms with van der Waals surface area (Å²) in [4.78, 5) is 1.33. The Morgan fingerprint density at radius 2 is 2.28 bits per heavy atom. The van der Waals surface area contributed by atoms with E-state index < -0.39 is 0 Å². The zero-order chi connectivity index (χ0) is 13.0. The van der Waals surface area contributed by atoms with Crippen molar-refractivity contribution in [1.82, 2.24) is 5.32 Å². The summed E-state index contributed by atoms with van der Waals surface area (Å²) in [5, 5.41) is 12.6. The maximum atomic E-state index is 9.08. The average Bonchev–Trinajstić information content (AvgIpc) is 3.18. The van der Waals surface area contributed by atoms with E-state index in [4.69, 9.17) is 5.11 Å². The molecule has 1 unspecified atom stereocenters. The SMILES string of the molecule is CC(CO)CSc1ccc(Br)cc1CNC1CC1. The first kappa shape index (κ1) is 14.4. The fourth-order valence-corrected chi connectivity index (χ4v) is 3.11. The van der Waals surface area contributed by atoms with Gasteiger partial charge in [-0.2, -0.15) is 0 Å². The Morgan fingerprint density at radius 1 is 1.50 bits per heavy atom. The molecule has 1 aliphatic carbocycles. The average molecular weight is 330 g/mol. The third kappa shape index (κ3) is 4.57. The van der Waals surface area contributed by atoms with E-state index in [-0.39, 0.29) is 6.61 Å². The second-order valence-corrected chi connectivity index (χ2v) is 6.98. The lowest BCUT2D eigenvalue weighted by molar-refractivity contribution is 0.250. The molecule has 0 saturated heterocycles. The number of rotatable bonds is 7. The molecular formula is C14H20BrNOS. The zero-order valence-corrected chi connectivity index (χ0v) is 13.1. The van der Waals surface area contributed by atoms with Crippen LogP contribution in [0.5, 0.6) is 0 Å². The number of halogens is 1. The summed E-state index contributed by atoms with van der Waals surface area (Å²) in [6.45, 7) is 3.28. The van der Waals surface area contributed by atoms with Gasteiger partial charge in [-0.15, -0.1) is 11.8 Å². The van der Waals surface area contributed by atoms with Gasteiger partial charge in [-0.25, -0.2) is 0 Å². The van der Waals surface area contributed by atoms with E-state index in [0.717, 1.165) is 22.8 Å². The molecular weight excluding hydrogens is 310 g/mol. The zero-order valence-electron chi connectivity index (χ0n) is 10.7. The van der Waals surface area contributed by atoms with E-state index in [1.54, 1.807) is 0 Å². The second-order valence-electron chi connectivity index (χ2n) is 5.01. The van der Waals surface area contributed by atoms with Gasteiger partial charge in [0.15, 0.2) is 0 Å². The monoisotopic (exact) mass is 329 g/mol. The standard InChI is InChI=1S/C14H20BrNOS/c1-10(8-17)9-18-14-5-2-12(15)6-11(14)7-16-13-3-4-13/h2,5-6,10,13,16-17H,3-4,7-9H2,1H3. The third-order valence-corrected chi connectivity index (χ3v) is 4.95. The first-order chi connectivity index (χ1) is 8.69. The first-order valence-electron chi connectivity index (χ1n) is 6.44. The van der Waals surface area contributed by atoms with E-state index in [9.17, 15) is 0 Å². The predicted octanol–water partition coefficient (Wildman–Crippen LogP) is 3.42. The van der Waals surface area contributed by atoms with Gasteiger partial charge < -0.3 is 10.4 Å². The number of hydrogen-bond acceptors (Lipinski definition) is 3. The molecule has 1 fully saturated rings. The molecule has 100 valence electrons. The van der Waals surface area contributed by atoms with Gasteiger partial charge in [-0.3, -0.25) is 0 Å². The molecule has 1 atom stereocenters. The fraction of sp³-hybridized carbons (Fsp3) is 0.571. The predicted molar refractivity (Wildman–Crippen MR) is 81.0 cm³/mol. The molecule has 4 heteroatoms. The van der Waals surface area contributed by atoms with E-state index in [2.05, 4.69) is 46.4 Å². The highest BCUT2D eigenvalue weighted by molar-refractivity contribution is 9.10. The summed E-state index contributed by atoms with van der Waals surface area (Å²) in [6, 6.07) is 7.19. The molecule has 1 saturated carbocycles. The topological polar surface area (TPSA) is 32.3 Å². The van der Waals surface area contributed by atoms with Crippen LogP contribution in [-0.2, 0) is 6.54 Å². The van der Waals surface area contributed by atoms with Crippen LogP contribution in [0, 0.1) is 5.92 Å². The van der Waals surface area contributed by atoms with Gasteiger partial charge in [0, 0.05) is 34.3 Å². The molecule has 2 N–H and O–H groups in total. The van der Waals surface area contributed by atoms with E-state index >= 15 is 0 Å². The Morgan fingerprint density at radius 3 is 2.94 bits per heavy atom. The van der Waals surface area contributed by atoms with Gasteiger partial charge >= 0.3 is 0 Å². The Kier molecular flexibility index (Phi) is 5.55. The van der Waals surface area contributed by atoms with Gasteiger partial charge in [0.25, 0.3) is 0 Å². The van der Waals surface area contributed by atoms with Crippen molar-refractivity contribution in [3.63, 3.8) is 0 Å². The highest BCUT2D eigenvalue weighted by Gasteiger charge is 2.20. The lowest BCUT2D eigenvalue weighted by Gasteiger charge is -2.12. The largest absolute Gasteiger partial charge is 0.396 e. The summed E-state index contributed by atoms with van der Waals surface area (Å²) < 4.78 is 1.13. The van der Waals surface area contributed by atoms with Crippen molar-refractivity contribution in [2.45, 2.75) is 37.2 Å². The molecule has 1 aromatic carbocycles. The van der Waals surface area contributed by atoms with Gasteiger partial charge in [0.05, 0.1) is 0 Å². The van der Waals surface area contributed by atoms with E-state index in [1.165, 1.54) is 23.3 Å². The second kappa shape index (κ2) is 6.94. The third-order valence-electron chi connectivity index (χ3n) is 3.02. The number of hydrogen-bond donors (Lipinski definition) is 2. The molecule has 1 aliphatic rings. The normalized spacial score (nSPS) is 16.8. The summed E-state index contributed by atoms with van der Waals surface area (Å²) >= 11 is 5.38. The first-order valence-corrected chi connectivity index (χ1v) is 8.22. The number of benzene rings is 1. The molecule has 2 nitrogen and oxygen atoms in total. The maximum absolute atomic E-state index is 9.08. The summed E-state index contributed by atoms with van der Waals surface area (Å²) in [7, 11) is 0.